The molecule has 6 heteroatoms. The van der Waals surface area contributed by atoms with E-state index in [1.807, 2.05) is 73.0 Å². The second-order valence-electron chi connectivity index (χ2n) is 6.78. The Morgan fingerprint density at radius 2 is 1.67 bits per heavy atom. The monoisotopic (exact) mass is 418 g/mol. The van der Waals surface area contributed by atoms with Gasteiger partial charge in [-0.25, -0.2) is 4.90 Å². The summed E-state index contributed by atoms with van der Waals surface area (Å²) in [7, 11) is 0. The summed E-state index contributed by atoms with van der Waals surface area (Å²) in [4.78, 5) is 28.6. The minimum absolute atomic E-state index is 0.283. The Morgan fingerprint density at radius 1 is 0.933 bits per heavy atom. The molecule has 0 radical (unpaired) electrons. The lowest BCUT2D eigenvalue weighted by atomic mass is 10.1. The number of thiophene rings is 1. The maximum absolute atomic E-state index is 13.3. The summed E-state index contributed by atoms with van der Waals surface area (Å²) in [5, 5.41) is 5.07. The van der Waals surface area contributed by atoms with Gasteiger partial charge in [0.15, 0.2) is 0 Å². The number of hydrogen-bond donors (Lipinski definition) is 1. The van der Waals surface area contributed by atoms with Crippen LogP contribution >= 0.6 is 11.3 Å². The minimum Gasteiger partial charge on any atom is -0.494 e. The summed E-state index contributed by atoms with van der Waals surface area (Å²) in [6.07, 6.45) is 0.894. The standard InChI is InChI=1S/C24H22N2O3S/c1-3-16-7-11-18(12-8-16)26-23(27)21(20-6-5-15-30-20)22(24(26)28)25-17-9-13-19(14-10-17)29-4-2/h5-15,25H,3-4H2,1-2H3. The Balaban J connectivity index is 1.70. The summed E-state index contributed by atoms with van der Waals surface area (Å²) in [6.45, 7) is 4.57. The Kier molecular flexibility index (Phi) is 5.68. The fourth-order valence-corrected chi connectivity index (χ4v) is 4.12. The quantitative estimate of drug-likeness (QED) is 0.542. The third-order valence-electron chi connectivity index (χ3n) is 4.89. The highest BCUT2D eigenvalue weighted by Crippen LogP contribution is 2.35. The van der Waals surface area contributed by atoms with E-state index in [1.165, 1.54) is 16.2 Å². The molecule has 30 heavy (non-hydrogen) atoms. The molecule has 0 bridgehead atoms. The van der Waals surface area contributed by atoms with Crippen molar-refractivity contribution in [1.82, 2.24) is 0 Å². The van der Waals surface area contributed by atoms with Crippen molar-refractivity contribution in [1.29, 1.82) is 0 Å². The first-order chi connectivity index (χ1) is 14.6. The number of anilines is 2. The maximum Gasteiger partial charge on any atom is 0.282 e. The molecule has 152 valence electrons. The number of ether oxygens (including phenoxy) is 1. The van der Waals surface area contributed by atoms with E-state index in [0.29, 0.717) is 23.6 Å². The second kappa shape index (κ2) is 8.55. The van der Waals surface area contributed by atoms with Gasteiger partial charge in [0.25, 0.3) is 11.8 Å². The normalized spacial score (nSPS) is 13.9. The highest BCUT2D eigenvalue weighted by atomic mass is 32.1. The summed E-state index contributed by atoms with van der Waals surface area (Å²) in [5.74, 6) is 0.0728. The van der Waals surface area contributed by atoms with Gasteiger partial charge in [-0.3, -0.25) is 9.59 Å². The Labute approximate surface area is 179 Å². The molecule has 4 rings (SSSR count). The van der Waals surface area contributed by atoms with Gasteiger partial charge in [-0.15, -0.1) is 11.3 Å². The molecule has 0 aliphatic carbocycles. The third-order valence-corrected chi connectivity index (χ3v) is 5.78. The van der Waals surface area contributed by atoms with Crippen LogP contribution in [0.2, 0.25) is 0 Å². The van der Waals surface area contributed by atoms with Crippen molar-refractivity contribution in [2.24, 2.45) is 0 Å². The fraction of sp³-hybridized carbons (Fsp3) is 0.167. The zero-order valence-corrected chi connectivity index (χ0v) is 17.7. The number of carbonyl (C=O) groups is 2. The molecule has 0 saturated heterocycles. The highest BCUT2D eigenvalue weighted by molar-refractivity contribution is 7.11. The van der Waals surface area contributed by atoms with Gasteiger partial charge in [-0.1, -0.05) is 25.1 Å². The average Bonchev–Trinajstić information content (AvgIpc) is 3.37. The smallest absolute Gasteiger partial charge is 0.282 e. The molecular formula is C24H22N2O3S. The van der Waals surface area contributed by atoms with E-state index in [9.17, 15) is 9.59 Å². The molecule has 1 N–H and O–H groups in total. The topological polar surface area (TPSA) is 58.6 Å². The SMILES string of the molecule is CCOc1ccc(NC2=C(c3cccs3)C(=O)N(c3ccc(CC)cc3)C2=O)cc1. The van der Waals surface area contributed by atoms with Crippen molar-refractivity contribution in [2.75, 3.05) is 16.8 Å². The number of aryl methyl sites for hydroxylation is 1. The number of hydrogen-bond acceptors (Lipinski definition) is 5. The lowest BCUT2D eigenvalue weighted by Crippen LogP contribution is -2.32. The number of imide groups is 1. The van der Waals surface area contributed by atoms with Crippen LogP contribution in [0.1, 0.15) is 24.3 Å². The van der Waals surface area contributed by atoms with Crippen molar-refractivity contribution >= 4 is 40.1 Å². The molecule has 2 amide bonds. The van der Waals surface area contributed by atoms with Crippen LogP contribution in [-0.2, 0) is 16.0 Å². The predicted octanol–water partition coefficient (Wildman–Crippen LogP) is 5.11. The summed E-state index contributed by atoms with van der Waals surface area (Å²) in [6, 6.07) is 18.6. The number of carbonyl (C=O) groups excluding carboxylic acids is 2. The molecule has 1 aliphatic rings. The zero-order chi connectivity index (χ0) is 21.1. The van der Waals surface area contributed by atoms with E-state index in [1.54, 1.807) is 0 Å². The number of rotatable bonds is 7. The Morgan fingerprint density at radius 3 is 2.27 bits per heavy atom. The highest BCUT2D eigenvalue weighted by Gasteiger charge is 2.40. The molecule has 0 saturated carbocycles. The molecule has 2 heterocycles. The van der Waals surface area contributed by atoms with Crippen LogP contribution < -0.4 is 15.0 Å². The molecule has 0 atom stereocenters. The van der Waals surface area contributed by atoms with Crippen molar-refractivity contribution in [3.63, 3.8) is 0 Å². The van der Waals surface area contributed by atoms with Gasteiger partial charge in [0.1, 0.15) is 11.4 Å². The zero-order valence-electron chi connectivity index (χ0n) is 16.8. The van der Waals surface area contributed by atoms with E-state index >= 15 is 0 Å². The van der Waals surface area contributed by atoms with Crippen molar-refractivity contribution in [3.8, 4) is 5.75 Å². The first-order valence-electron chi connectivity index (χ1n) is 9.88. The first-order valence-corrected chi connectivity index (χ1v) is 10.8. The number of nitrogens with one attached hydrogen (secondary N) is 1. The molecule has 1 aromatic heterocycles. The van der Waals surface area contributed by atoms with E-state index in [0.717, 1.165) is 22.6 Å². The van der Waals surface area contributed by atoms with E-state index in [2.05, 4.69) is 12.2 Å². The van der Waals surface area contributed by atoms with Crippen molar-refractivity contribution in [2.45, 2.75) is 20.3 Å². The Bertz CT molecular complexity index is 1080. The third kappa shape index (κ3) is 3.74. The number of benzene rings is 2. The first kappa shape index (κ1) is 19.9. The van der Waals surface area contributed by atoms with Crippen LogP contribution in [0, 0.1) is 0 Å². The van der Waals surface area contributed by atoms with Crippen LogP contribution in [0.4, 0.5) is 11.4 Å². The lowest BCUT2D eigenvalue weighted by Gasteiger charge is -2.16. The lowest BCUT2D eigenvalue weighted by molar-refractivity contribution is -0.120. The van der Waals surface area contributed by atoms with Crippen molar-refractivity contribution in [3.05, 3.63) is 82.2 Å². The van der Waals surface area contributed by atoms with Gasteiger partial charge >= 0.3 is 0 Å². The van der Waals surface area contributed by atoms with Crippen LogP contribution in [0.5, 0.6) is 5.75 Å². The van der Waals surface area contributed by atoms with E-state index < -0.39 is 0 Å². The van der Waals surface area contributed by atoms with Gasteiger partial charge in [0, 0.05) is 10.6 Å². The molecule has 0 unspecified atom stereocenters. The summed E-state index contributed by atoms with van der Waals surface area (Å²) in [5.41, 5.74) is 3.11. The molecule has 1 aliphatic heterocycles. The number of amides is 2. The molecule has 0 spiro atoms. The van der Waals surface area contributed by atoms with Gasteiger partial charge in [-0.05, 0) is 66.8 Å². The second-order valence-corrected chi connectivity index (χ2v) is 7.72. The van der Waals surface area contributed by atoms with Crippen LogP contribution in [0.15, 0.2) is 71.7 Å². The molecular weight excluding hydrogens is 396 g/mol. The number of nitrogens with zero attached hydrogens (tertiary/aromatic N) is 1. The molecule has 2 aromatic carbocycles. The van der Waals surface area contributed by atoms with E-state index in [4.69, 9.17) is 4.74 Å². The minimum atomic E-state index is -0.360. The van der Waals surface area contributed by atoms with Gasteiger partial charge in [-0.2, -0.15) is 0 Å². The Hall–Kier alpha value is -3.38. The van der Waals surface area contributed by atoms with Crippen LogP contribution in [-0.4, -0.2) is 18.4 Å². The van der Waals surface area contributed by atoms with Crippen LogP contribution in [0.25, 0.3) is 5.57 Å². The maximum atomic E-state index is 13.3. The largest absolute Gasteiger partial charge is 0.494 e. The van der Waals surface area contributed by atoms with Gasteiger partial charge < -0.3 is 10.1 Å². The fourth-order valence-electron chi connectivity index (χ4n) is 3.36. The van der Waals surface area contributed by atoms with E-state index in [-0.39, 0.29) is 17.5 Å². The van der Waals surface area contributed by atoms with Gasteiger partial charge in [0.2, 0.25) is 0 Å². The van der Waals surface area contributed by atoms with Gasteiger partial charge in [0.05, 0.1) is 17.9 Å². The molecule has 0 fully saturated rings. The van der Waals surface area contributed by atoms with Crippen LogP contribution in [0.3, 0.4) is 0 Å². The summed E-state index contributed by atoms with van der Waals surface area (Å²) >= 11 is 1.44. The predicted molar refractivity (Wildman–Crippen MR) is 121 cm³/mol. The molecule has 3 aromatic rings. The van der Waals surface area contributed by atoms with Crippen molar-refractivity contribution < 1.29 is 14.3 Å². The average molecular weight is 419 g/mol. The molecule has 5 nitrogen and oxygen atoms in total. The summed E-state index contributed by atoms with van der Waals surface area (Å²) < 4.78 is 5.48.